The number of nitrogens with two attached hydrogens (primary N) is 1. The Labute approximate surface area is 180 Å². The molecule has 1 atom stereocenters. The minimum absolute atomic E-state index is 0.0471. The summed E-state index contributed by atoms with van der Waals surface area (Å²) in [5.74, 6) is -0.565. The third-order valence-corrected chi connectivity index (χ3v) is 5.51. The summed E-state index contributed by atoms with van der Waals surface area (Å²) in [6, 6.07) is 22.0. The Morgan fingerprint density at radius 1 is 0.935 bits per heavy atom. The summed E-state index contributed by atoms with van der Waals surface area (Å²) in [5, 5.41) is 2.60. The standard InChI is InChI=1S/C25H22N2O4/c26-24(29)17-11-9-16(10-12-17)13-18(14-28)27-25(30)31-15-23-21-7-3-1-5-19(21)20-6-2-4-8-22(20)23/h1-12,14,18,23H,13,15H2,(H2,26,29)(H,27,30)/t18-/m0/s1. The number of ether oxygens (including phenoxy) is 1. The highest BCUT2D eigenvalue weighted by atomic mass is 16.5. The topological polar surface area (TPSA) is 98.5 Å². The van der Waals surface area contributed by atoms with Gasteiger partial charge in [0, 0.05) is 11.5 Å². The number of nitrogens with one attached hydrogen (secondary N) is 1. The van der Waals surface area contributed by atoms with Crippen molar-refractivity contribution in [1.82, 2.24) is 5.32 Å². The number of rotatable bonds is 7. The third kappa shape index (κ3) is 4.33. The monoisotopic (exact) mass is 414 g/mol. The zero-order valence-corrected chi connectivity index (χ0v) is 16.8. The van der Waals surface area contributed by atoms with Crippen molar-refractivity contribution in [2.75, 3.05) is 6.61 Å². The Kier molecular flexibility index (Phi) is 5.80. The Balaban J connectivity index is 1.38. The minimum atomic E-state index is -0.741. The lowest BCUT2D eigenvalue weighted by atomic mass is 9.98. The summed E-state index contributed by atoms with van der Waals surface area (Å²) in [4.78, 5) is 35.0. The second-order valence-corrected chi connectivity index (χ2v) is 7.48. The number of alkyl carbamates (subject to hydrolysis) is 1. The van der Waals surface area contributed by atoms with E-state index in [2.05, 4.69) is 17.4 Å². The molecule has 0 heterocycles. The van der Waals surface area contributed by atoms with Crippen molar-refractivity contribution in [3.05, 3.63) is 95.1 Å². The van der Waals surface area contributed by atoms with Crippen molar-refractivity contribution < 1.29 is 19.1 Å². The number of aldehydes is 1. The van der Waals surface area contributed by atoms with Gasteiger partial charge in [-0.05, 0) is 46.4 Å². The van der Waals surface area contributed by atoms with E-state index in [0.717, 1.165) is 27.8 Å². The highest BCUT2D eigenvalue weighted by Gasteiger charge is 2.29. The van der Waals surface area contributed by atoms with E-state index in [4.69, 9.17) is 10.5 Å². The van der Waals surface area contributed by atoms with Gasteiger partial charge in [-0.1, -0.05) is 60.7 Å². The van der Waals surface area contributed by atoms with Gasteiger partial charge in [0.15, 0.2) is 0 Å². The fraction of sp³-hybridized carbons (Fsp3) is 0.160. The molecule has 156 valence electrons. The Morgan fingerprint density at radius 3 is 2.06 bits per heavy atom. The molecule has 4 rings (SSSR count). The summed E-state index contributed by atoms with van der Waals surface area (Å²) in [6.07, 6.45) is 0.309. The quantitative estimate of drug-likeness (QED) is 0.579. The number of primary amides is 1. The molecule has 0 aliphatic heterocycles. The van der Waals surface area contributed by atoms with Crippen LogP contribution in [0.25, 0.3) is 11.1 Å². The molecule has 0 saturated heterocycles. The average molecular weight is 414 g/mol. The predicted octanol–water partition coefficient (Wildman–Crippen LogP) is 3.43. The molecule has 0 radical (unpaired) electrons. The van der Waals surface area contributed by atoms with Gasteiger partial charge in [-0.2, -0.15) is 0 Å². The molecule has 0 bridgehead atoms. The molecule has 6 heteroatoms. The van der Waals surface area contributed by atoms with Crippen LogP contribution >= 0.6 is 0 Å². The Morgan fingerprint density at radius 2 is 1.52 bits per heavy atom. The van der Waals surface area contributed by atoms with Crippen LogP contribution in [0.3, 0.4) is 0 Å². The van der Waals surface area contributed by atoms with Gasteiger partial charge >= 0.3 is 6.09 Å². The molecule has 0 fully saturated rings. The normalized spacial score (nSPS) is 13.0. The first kappa shape index (κ1) is 20.3. The van der Waals surface area contributed by atoms with E-state index in [1.165, 1.54) is 0 Å². The summed E-state index contributed by atoms with van der Waals surface area (Å²) in [6.45, 7) is 0.179. The number of hydrogen-bond acceptors (Lipinski definition) is 4. The number of hydrogen-bond donors (Lipinski definition) is 2. The lowest BCUT2D eigenvalue weighted by Crippen LogP contribution is -2.38. The number of amides is 2. The molecular formula is C25H22N2O4. The molecule has 1 aliphatic carbocycles. The van der Waals surface area contributed by atoms with Crippen molar-refractivity contribution in [3.63, 3.8) is 0 Å². The first-order chi connectivity index (χ1) is 15.1. The van der Waals surface area contributed by atoms with Gasteiger partial charge in [0.05, 0.1) is 6.04 Å². The maximum Gasteiger partial charge on any atom is 0.407 e. The number of fused-ring (bicyclic) bond motifs is 3. The number of benzene rings is 3. The number of carbonyl (C=O) groups is 3. The largest absolute Gasteiger partial charge is 0.449 e. The fourth-order valence-corrected chi connectivity index (χ4v) is 3.98. The van der Waals surface area contributed by atoms with Crippen LogP contribution in [-0.4, -0.2) is 30.9 Å². The van der Waals surface area contributed by atoms with Crippen LogP contribution in [0.1, 0.15) is 33.0 Å². The lowest BCUT2D eigenvalue weighted by molar-refractivity contribution is -0.109. The van der Waals surface area contributed by atoms with Crippen LogP contribution in [0.5, 0.6) is 0 Å². The zero-order valence-electron chi connectivity index (χ0n) is 16.8. The van der Waals surface area contributed by atoms with Gasteiger partial charge in [-0.3, -0.25) is 4.79 Å². The molecule has 3 N–H and O–H groups in total. The van der Waals surface area contributed by atoms with Crippen molar-refractivity contribution in [3.8, 4) is 11.1 Å². The van der Waals surface area contributed by atoms with Crippen LogP contribution in [-0.2, 0) is 16.0 Å². The van der Waals surface area contributed by atoms with Crippen LogP contribution in [0, 0.1) is 0 Å². The van der Waals surface area contributed by atoms with E-state index < -0.39 is 18.0 Å². The van der Waals surface area contributed by atoms with E-state index in [-0.39, 0.29) is 18.9 Å². The fourth-order valence-electron chi connectivity index (χ4n) is 3.98. The second-order valence-electron chi connectivity index (χ2n) is 7.48. The van der Waals surface area contributed by atoms with Gasteiger partial charge in [-0.25, -0.2) is 4.79 Å². The molecule has 0 aromatic heterocycles. The summed E-state index contributed by atoms with van der Waals surface area (Å²) >= 11 is 0. The molecular weight excluding hydrogens is 392 g/mol. The molecule has 6 nitrogen and oxygen atoms in total. The van der Waals surface area contributed by atoms with E-state index in [1.54, 1.807) is 24.3 Å². The molecule has 1 aliphatic rings. The van der Waals surface area contributed by atoms with Gasteiger partial charge in [0.25, 0.3) is 0 Å². The van der Waals surface area contributed by atoms with Crippen molar-refractivity contribution >= 4 is 18.3 Å². The van der Waals surface area contributed by atoms with Crippen molar-refractivity contribution in [1.29, 1.82) is 0 Å². The highest BCUT2D eigenvalue weighted by Crippen LogP contribution is 2.44. The molecule has 31 heavy (non-hydrogen) atoms. The van der Waals surface area contributed by atoms with Gasteiger partial charge < -0.3 is 20.6 Å². The molecule has 0 unspecified atom stereocenters. The van der Waals surface area contributed by atoms with Gasteiger partial charge in [0.1, 0.15) is 12.9 Å². The predicted molar refractivity (Wildman–Crippen MR) is 117 cm³/mol. The van der Waals surface area contributed by atoms with Crippen molar-refractivity contribution in [2.24, 2.45) is 5.73 Å². The Bertz CT molecular complexity index is 1080. The second kappa shape index (κ2) is 8.83. The Hall–Kier alpha value is -3.93. The molecule has 3 aromatic rings. The summed E-state index contributed by atoms with van der Waals surface area (Å²) < 4.78 is 5.49. The van der Waals surface area contributed by atoms with Crippen molar-refractivity contribution in [2.45, 2.75) is 18.4 Å². The number of carbonyl (C=O) groups excluding carboxylic acids is 3. The average Bonchev–Trinajstić information content (AvgIpc) is 3.11. The maximum absolute atomic E-state index is 12.4. The molecule has 0 saturated carbocycles. The van der Waals surface area contributed by atoms with Gasteiger partial charge in [0.2, 0.25) is 5.91 Å². The third-order valence-electron chi connectivity index (χ3n) is 5.51. The van der Waals surface area contributed by atoms with E-state index in [1.807, 2.05) is 36.4 Å². The molecule has 2 amide bonds. The highest BCUT2D eigenvalue weighted by molar-refractivity contribution is 5.92. The first-order valence-corrected chi connectivity index (χ1v) is 10.0. The van der Waals surface area contributed by atoms with Crippen LogP contribution in [0.15, 0.2) is 72.8 Å². The maximum atomic E-state index is 12.4. The summed E-state index contributed by atoms with van der Waals surface area (Å²) in [5.41, 5.74) is 11.0. The van der Waals surface area contributed by atoms with E-state index in [0.29, 0.717) is 11.8 Å². The molecule has 0 spiro atoms. The first-order valence-electron chi connectivity index (χ1n) is 10.0. The van der Waals surface area contributed by atoms with Gasteiger partial charge in [-0.15, -0.1) is 0 Å². The smallest absolute Gasteiger partial charge is 0.407 e. The zero-order chi connectivity index (χ0) is 21.8. The SMILES string of the molecule is NC(=O)c1ccc(C[C@@H](C=O)NC(=O)OCC2c3ccccc3-c3ccccc32)cc1. The minimum Gasteiger partial charge on any atom is -0.449 e. The van der Waals surface area contributed by atoms with E-state index >= 15 is 0 Å². The van der Waals surface area contributed by atoms with Crippen LogP contribution in [0.4, 0.5) is 4.79 Å². The van der Waals surface area contributed by atoms with E-state index in [9.17, 15) is 14.4 Å². The molecule has 3 aromatic carbocycles. The van der Waals surface area contributed by atoms with Crippen LogP contribution < -0.4 is 11.1 Å². The summed E-state index contributed by atoms with van der Waals surface area (Å²) in [7, 11) is 0. The van der Waals surface area contributed by atoms with Crippen LogP contribution in [0.2, 0.25) is 0 Å². The lowest BCUT2D eigenvalue weighted by Gasteiger charge is -2.17.